The highest BCUT2D eigenvalue weighted by Gasteiger charge is 2.23. The van der Waals surface area contributed by atoms with Crippen LogP contribution in [-0.4, -0.2) is 42.8 Å². The third kappa shape index (κ3) is 7.65. The summed E-state index contributed by atoms with van der Waals surface area (Å²) < 4.78 is 10.4. The van der Waals surface area contributed by atoms with Gasteiger partial charge in [0.1, 0.15) is 11.7 Å². The summed E-state index contributed by atoms with van der Waals surface area (Å²) in [4.78, 5) is 35.6. The number of benzene rings is 1. The number of alkyl carbamates (subject to hydrolysis) is 1. The van der Waals surface area contributed by atoms with E-state index in [-0.39, 0.29) is 24.8 Å². The standard InChI is InChI=1S/C19H27N3O5/c1-19(2,3)27-18(25)20-10-9-16(23)21-13-6-4-7-14(12-13)22-17(24)15-8-5-11-26-15/h4,6-7,12,15H,5,8-11H2,1-3H3,(H,20,25)(H,21,23)(H,22,24). The van der Waals surface area contributed by atoms with Crippen molar-refractivity contribution in [3.8, 4) is 0 Å². The first kappa shape index (κ1) is 20.7. The topological polar surface area (TPSA) is 106 Å². The van der Waals surface area contributed by atoms with Crippen LogP contribution in [0, 0.1) is 0 Å². The van der Waals surface area contributed by atoms with E-state index in [1.807, 2.05) is 0 Å². The fourth-order valence-corrected chi connectivity index (χ4v) is 2.50. The Morgan fingerprint density at radius 1 is 1.19 bits per heavy atom. The molecule has 148 valence electrons. The molecule has 0 radical (unpaired) electrons. The molecule has 3 amide bonds. The van der Waals surface area contributed by atoms with Crippen molar-refractivity contribution in [2.75, 3.05) is 23.8 Å². The van der Waals surface area contributed by atoms with Gasteiger partial charge in [0.2, 0.25) is 5.91 Å². The third-order valence-electron chi connectivity index (χ3n) is 3.66. The first-order valence-corrected chi connectivity index (χ1v) is 9.02. The fourth-order valence-electron chi connectivity index (χ4n) is 2.50. The van der Waals surface area contributed by atoms with E-state index in [9.17, 15) is 14.4 Å². The molecule has 1 aromatic rings. The smallest absolute Gasteiger partial charge is 0.407 e. The van der Waals surface area contributed by atoms with Crippen LogP contribution in [0.4, 0.5) is 16.2 Å². The van der Waals surface area contributed by atoms with Gasteiger partial charge in [0.15, 0.2) is 0 Å². The molecule has 1 saturated heterocycles. The number of anilines is 2. The minimum atomic E-state index is -0.583. The second kappa shape index (κ2) is 9.36. The number of hydrogen-bond acceptors (Lipinski definition) is 5. The molecule has 1 aliphatic rings. The van der Waals surface area contributed by atoms with Gasteiger partial charge >= 0.3 is 6.09 Å². The summed E-state index contributed by atoms with van der Waals surface area (Å²) in [6.45, 7) is 6.07. The van der Waals surface area contributed by atoms with Crippen LogP contribution in [0.3, 0.4) is 0 Å². The maximum Gasteiger partial charge on any atom is 0.407 e. The second-order valence-corrected chi connectivity index (χ2v) is 7.30. The fraction of sp³-hybridized carbons (Fsp3) is 0.526. The van der Waals surface area contributed by atoms with Crippen LogP contribution < -0.4 is 16.0 Å². The Kier molecular flexibility index (Phi) is 7.18. The maximum atomic E-state index is 12.1. The monoisotopic (exact) mass is 377 g/mol. The van der Waals surface area contributed by atoms with Gasteiger partial charge in [-0.3, -0.25) is 9.59 Å². The van der Waals surface area contributed by atoms with Crippen LogP contribution in [-0.2, 0) is 19.1 Å². The number of nitrogens with one attached hydrogen (secondary N) is 3. The van der Waals surface area contributed by atoms with Crippen LogP contribution in [0.2, 0.25) is 0 Å². The molecule has 8 nitrogen and oxygen atoms in total. The predicted octanol–water partition coefficient (Wildman–Crippen LogP) is 2.66. The zero-order chi connectivity index (χ0) is 19.9. The molecule has 1 heterocycles. The van der Waals surface area contributed by atoms with Crippen molar-refractivity contribution in [2.24, 2.45) is 0 Å². The van der Waals surface area contributed by atoms with Gasteiger partial charge in [-0.25, -0.2) is 4.79 Å². The molecule has 3 N–H and O–H groups in total. The van der Waals surface area contributed by atoms with Crippen LogP contribution in [0.1, 0.15) is 40.0 Å². The molecule has 1 atom stereocenters. The lowest BCUT2D eigenvalue weighted by Gasteiger charge is -2.19. The van der Waals surface area contributed by atoms with Crippen molar-refractivity contribution in [1.29, 1.82) is 0 Å². The molecular weight excluding hydrogens is 350 g/mol. The van der Waals surface area contributed by atoms with Crippen molar-refractivity contribution in [3.05, 3.63) is 24.3 Å². The van der Waals surface area contributed by atoms with E-state index in [4.69, 9.17) is 9.47 Å². The van der Waals surface area contributed by atoms with Gasteiger partial charge in [-0.05, 0) is 51.8 Å². The summed E-state index contributed by atoms with van der Waals surface area (Å²) >= 11 is 0. The van der Waals surface area contributed by atoms with E-state index in [2.05, 4.69) is 16.0 Å². The molecule has 27 heavy (non-hydrogen) atoms. The second-order valence-electron chi connectivity index (χ2n) is 7.30. The number of ether oxygens (including phenoxy) is 2. The van der Waals surface area contributed by atoms with Crippen LogP contribution in [0.5, 0.6) is 0 Å². The molecule has 8 heteroatoms. The van der Waals surface area contributed by atoms with Crippen molar-refractivity contribution in [2.45, 2.75) is 51.7 Å². The van der Waals surface area contributed by atoms with E-state index >= 15 is 0 Å². The molecule has 2 rings (SSSR count). The Labute approximate surface area is 159 Å². The van der Waals surface area contributed by atoms with Gasteiger partial charge in [0, 0.05) is 30.9 Å². The molecule has 0 spiro atoms. The molecule has 1 aliphatic heterocycles. The van der Waals surface area contributed by atoms with Crippen LogP contribution in [0.25, 0.3) is 0 Å². The first-order chi connectivity index (χ1) is 12.7. The van der Waals surface area contributed by atoms with Gasteiger partial charge < -0.3 is 25.4 Å². The molecule has 0 aliphatic carbocycles. The zero-order valence-electron chi connectivity index (χ0n) is 16.0. The normalized spacial score (nSPS) is 16.5. The average molecular weight is 377 g/mol. The van der Waals surface area contributed by atoms with E-state index in [0.717, 1.165) is 6.42 Å². The van der Waals surface area contributed by atoms with E-state index in [0.29, 0.717) is 24.4 Å². The predicted molar refractivity (Wildman–Crippen MR) is 102 cm³/mol. The Hall–Kier alpha value is -2.61. The summed E-state index contributed by atoms with van der Waals surface area (Å²) in [6.07, 6.45) is 0.723. The summed E-state index contributed by atoms with van der Waals surface area (Å²) in [6, 6.07) is 6.87. The first-order valence-electron chi connectivity index (χ1n) is 9.02. The largest absolute Gasteiger partial charge is 0.444 e. The van der Waals surface area contributed by atoms with Gasteiger partial charge in [0.05, 0.1) is 0 Å². The highest BCUT2D eigenvalue weighted by Crippen LogP contribution is 2.18. The minimum absolute atomic E-state index is 0.103. The number of carbonyl (C=O) groups excluding carboxylic acids is 3. The maximum absolute atomic E-state index is 12.1. The highest BCUT2D eigenvalue weighted by molar-refractivity contribution is 5.96. The molecule has 1 aromatic carbocycles. The zero-order valence-corrected chi connectivity index (χ0v) is 16.0. The SMILES string of the molecule is CC(C)(C)OC(=O)NCCC(=O)Nc1cccc(NC(=O)C2CCCO2)c1. The van der Waals surface area contributed by atoms with Crippen LogP contribution in [0.15, 0.2) is 24.3 Å². The Balaban J connectivity index is 1.77. The van der Waals surface area contributed by atoms with Crippen molar-refractivity contribution < 1.29 is 23.9 Å². The molecular formula is C19H27N3O5. The summed E-state index contributed by atoms with van der Waals surface area (Å²) in [7, 11) is 0. The number of hydrogen-bond donors (Lipinski definition) is 3. The minimum Gasteiger partial charge on any atom is -0.444 e. The Morgan fingerprint density at radius 2 is 1.89 bits per heavy atom. The van der Waals surface area contributed by atoms with E-state index < -0.39 is 17.8 Å². The highest BCUT2D eigenvalue weighted by atomic mass is 16.6. The lowest BCUT2D eigenvalue weighted by Crippen LogP contribution is -2.34. The third-order valence-corrected chi connectivity index (χ3v) is 3.66. The van der Waals surface area contributed by atoms with Crippen molar-refractivity contribution >= 4 is 29.3 Å². The van der Waals surface area contributed by atoms with Crippen LogP contribution >= 0.6 is 0 Å². The summed E-state index contributed by atoms with van der Waals surface area (Å²) in [5, 5.41) is 8.05. The van der Waals surface area contributed by atoms with Crippen molar-refractivity contribution in [3.63, 3.8) is 0 Å². The van der Waals surface area contributed by atoms with Crippen molar-refractivity contribution in [1.82, 2.24) is 5.32 Å². The van der Waals surface area contributed by atoms with Gasteiger partial charge in [-0.15, -0.1) is 0 Å². The van der Waals surface area contributed by atoms with E-state index in [1.54, 1.807) is 45.0 Å². The lowest BCUT2D eigenvalue weighted by molar-refractivity contribution is -0.124. The van der Waals surface area contributed by atoms with Gasteiger partial charge in [-0.2, -0.15) is 0 Å². The molecule has 1 unspecified atom stereocenters. The van der Waals surface area contributed by atoms with Gasteiger partial charge in [0.25, 0.3) is 5.91 Å². The molecule has 0 bridgehead atoms. The summed E-state index contributed by atoms with van der Waals surface area (Å²) in [5.41, 5.74) is 0.559. The van der Waals surface area contributed by atoms with Gasteiger partial charge in [-0.1, -0.05) is 6.07 Å². The summed E-state index contributed by atoms with van der Waals surface area (Å²) in [5.74, 6) is -0.439. The number of rotatable bonds is 6. The average Bonchev–Trinajstić information content (AvgIpc) is 3.08. The quantitative estimate of drug-likeness (QED) is 0.707. The number of amides is 3. The number of carbonyl (C=O) groups is 3. The lowest BCUT2D eigenvalue weighted by atomic mass is 10.2. The molecule has 0 aromatic heterocycles. The van der Waals surface area contributed by atoms with E-state index in [1.165, 1.54) is 0 Å². The Morgan fingerprint density at radius 3 is 2.52 bits per heavy atom. The molecule has 1 fully saturated rings. The Bertz CT molecular complexity index is 678. The molecule has 0 saturated carbocycles.